The van der Waals surface area contributed by atoms with Crippen LogP contribution in [0.25, 0.3) is 5.69 Å². The molecule has 0 unspecified atom stereocenters. The Morgan fingerprint density at radius 1 is 1.03 bits per heavy atom. The van der Waals surface area contributed by atoms with Crippen LogP contribution in [0.3, 0.4) is 0 Å². The van der Waals surface area contributed by atoms with Crippen LogP contribution in [-0.2, 0) is 4.79 Å². The van der Waals surface area contributed by atoms with Crippen molar-refractivity contribution < 1.29 is 14.3 Å². The van der Waals surface area contributed by atoms with Gasteiger partial charge in [0.25, 0.3) is 5.91 Å². The number of benzene rings is 2. The second kappa shape index (κ2) is 10.1. The number of halogens is 3. The van der Waals surface area contributed by atoms with Gasteiger partial charge in [-0.2, -0.15) is 0 Å². The van der Waals surface area contributed by atoms with E-state index in [1.807, 2.05) is 29.1 Å². The third-order valence-electron chi connectivity index (χ3n) is 4.61. The molecule has 0 aliphatic rings. The summed E-state index contributed by atoms with van der Waals surface area (Å²) in [6.07, 6.45) is 3.68. The lowest BCUT2D eigenvalue weighted by Crippen LogP contribution is -2.38. The van der Waals surface area contributed by atoms with Crippen LogP contribution in [0, 0.1) is 0 Å². The van der Waals surface area contributed by atoms with Gasteiger partial charge in [0, 0.05) is 25.0 Å². The maximum absolute atomic E-state index is 13.2. The number of methoxy groups -OCH3 is 1. The number of nitrogens with one attached hydrogen (secondary N) is 1. The molecule has 0 bridgehead atoms. The normalized spacial score (nSPS) is 10.6. The van der Waals surface area contributed by atoms with E-state index in [1.165, 1.54) is 12.0 Å². The summed E-state index contributed by atoms with van der Waals surface area (Å²) in [7, 11) is 1.47. The van der Waals surface area contributed by atoms with Crippen molar-refractivity contribution in [2.45, 2.75) is 6.92 Å². The first kappa shape index (κ1) is 23.0. The fraction of sp³-hybridized carbons (Fsp3) is 0.182. The summed E-state index contributed by atoms with van der Waals surface area (Å²) in [5.74, 6) is -0.467. The molecule has 2 aromatic carbocycles. The first-order valence-electron chi connectivity index (χ1n) is 9.39. The van der Waals surface area contributed by atoms with Gasteiger partial charge in [0.2, 0.25) is 5.91 Å². The number of carbonyl (C=O) groups is 2. The summed E-state index contributed by atoms with van der Waals surface area (Å²) < 4.78 is 7.25. The Bertz CT molecular complexity index is 1080. The van der Waals surface area contributed by atoms with Crippen LogP contribution in [0.1, 0.15) is 17.3 Å². The number of carbonyl (C=O) groups excluding carboxylic acids is 2. The predicted molar refractivity (Wildman–Crippen MR) is 124 cm³/mol. The number of amides is 2. The summed E-state index contributed by atoms with van der Waals surface area (Å²) in [5, 5.41) is 3.66. The van der Waals surface area contributed by atoms with Gasteiger partial charge >= 0.3 is 0 Å². The van der Waals surface area contributed by atoms with Crippen molar-refractivity contribution in [2.75, 3.05) is 25.5 Å². The third kappa shape index (κ3) is 5.15. The molecular formula is C22H20Cl3N3O3. The molecule has 0 aliphatic heterocycles. The maximum Gasteiger partial charge on any atom is 0.258 e. The average molecular weight is 481 g/mol. The Morgan fingerprint density at radius 3 is 2.26 bits per heavy atom. The lowest BCUT2D eigenvalue weighted by molar-refractivity contribution is -0.116. The lowest BCUT2D eigenvalue weighted by Gasteiger charge is -2.22. The molecule has 1 aromatic heterocycles. The Morgan fingerprint density at radius 2 is 1.68 bits per heavy atom. The number of hydrogen-bond donors (Lipinski definition) is 1. The van der Waals surface area contributed by atoms with Crippen molar-refractivity contribution in [2.24, 2.45) is 0 Å². The summed E-state index contributed by atoms with van der Waals surface area (Å²) in [5.41, 5.74) is 1.24. The largest absolute Gasteiger partial charge is 0.496 e. The molecule has 2 amide bonds. The summed E-state index contributed by atoms with van der Waals surface area (Å²) in [4.78, 5) is 27.1. The Balaban J connectivity index is 1.83. The zero-order valence-corrected chi connectivity index (χ0v) is 19.1. The quantitative estimate of drug-likeness (QED) is 0.482. The zero-order valence-electron chi connectivity index (χ0n) is 16.9. The van der Waals surface area contributed by atoms with Crippen molar-refractivity contribution in [3.8, 4) is 11.4 Å². The van der Waals surface area contributed by atoms with Crippen LogP contribution in [0.15, 0.2) is 54.9 Å². The monoisotopic (exact) mass is 479 g/mol. The molecule has 0 saturated heterocycles. The molecule has 3 aromatic rings. The highest BCUT2D eigenvalue weighted by atomic mass is 35.5. The summed E-state index contributed by atoms with van der Waals surface area (Å²) >= 11 is 18.6. The predicted octanol–water partition coefficient (Wildman–Crippen LogP) is 5.55. The third-order valence-corrected chi connectivity index (χ3v) is 5.55. The summed E-state index contributed by atoms with van der Waals surface area (Å²) in [6.45, 7) is 1.87. The number of aromatic nitrogens is 1. The highest BCUT2D eigenvalue weighted by molar-refractivity contribution is 6.39. The number of para-hydroxylation sites is 1. The van der Waals surface area contributed by atoms with Gasteiger partial charge in [-0.25, -0.2) is 0 Å². The number of likely N-dealkylation sites (N-methyl/N-ethyl adjacent to an activating group) is 1. The number of rotatable bonds is 7. The fourth-order valence-electron chi connectivity index (χ4n) is 3.04. The van der Waals surface area contributed by atoms with E-state index in [0.717, 1.165) is 0 Å². The number of ether oxygens (including phenoxy) is 1. The van der Waals surface area contributed by atoms with Crippen LogP contribution in [0.4, 0.5) is 5.69 Å². The molecule has 0 radical (unpaired) electrons. The van der Waals surface area contributed by atoms with Crippen LogP contribution >= 0.6 is 34.8 Å². The molecule has 0 fully saturated rings. The molecule has 31 heavy (non-hydrogen) atoms. The van der Waals surface area contributed by atoms with Crippen LogP contribution < -0.4 is 10.1 Å². The van der Waals surface area contributed by atoms with Crippen LogP contribution in [0.2, 0.25) is 15.1 Å². The second-order valence-electron chi connectivity index (χ2n) is 6.56. The molecule has 0 saturated carbocycles. The van der Waals surface area contributed by atoms with Crippen LogP contribution in [-0.4, -0.2) is 41.5 Å². The summed E-state index contributed by atoms with van der Waals surface area (Å²) in [6, 6.07) is 11.9. The van der Waals surface area contributed by atoms with E-state index in [4.69, 9.17) is 39.5 Å². The molecule has 6 nitrogen and oxygen atoms in total. The molecular weight excluding hydrogens is 461 g/mol. The molecule has 1 heterocycles. The van der Waals surface area contributed by atoms with Crippen molar-refractivity contribution in [3.63, 3.8) is 0 Å². The maximum atomic E-state index is 13.2. The van der Waals surface area contributed by atoms with Gasteiger partial charge in [-0.1, -0.05) is 40.9 Å². The van der Waals surface area contributed by atoms with E-state index < -0.39 is 5.91 Å². The van der Waals surface area contributed by atoms with E-state index in [9.17, 15) is 9.59 Å². The van der Waals surface area contributed by atoms with Gasteiger partial charge < -0.3 is 19.5 Å². The molecule has 0 aliphatic carbocycles. The molecule has 1 N–H and O–H groups in total. The first-order valence-corrected chi connectivity index (χ1v) is 10.5. The molecule has 0 atom stereocenters. The number of hydrogen-bond acceptors (Lipinski definition) is 3. The topological polar surface area (TPSA) is 63.6 Å². The minimum absolute atomic E-state index is 0.197. The Hall–Kier alpha value is -2.67. The molecule has 162 valence electrons. The first-order chi connectivity index (χ1) is 14.8. The standard InChI is InChI=1S/C22H20Cl3N3O3/c1-3-27(13-20(29)26-21-15(23)7-6-8-16(21)24)22(30)14-11-17(25)18(12-19(14)31-2)28-9-4-5-10-28/h4-12H,3,13H2,1-2H3,(H,26,29). The Labute approximate surface area is 195 Å². The highest BCUT2D eigenvalue weighted by Crippen LogP contribution is 2.32. The van der Waals surface area contributed by atoms with Gasteiger partial charge in [0.1, 0.15) is 12.3 Å². The van der Waals surface area contributed by atoms with Gasteiger partial charge in [-0.15, -0.1) is 0 Å². The van der Waals surface area contributed by atoms with E-state index in [2.05, 4.69) is 5.32 Å². The SMILES string of the molecule is CCN(CC(=O)Nc1c(Cl)cccc1Cl)C(=O)c1cc(Cl)c(-n2cccc2)cc1OC. The second-order valence-corrected chi connectivity index (χ2v) is 7.78. The van der Waals surface area contributed by atoms with E-state index in [-0.39, 0.29) is 18.0 Å². The molecule has 3 rings (SSSR count). The van der Waals surface area contributed by atoms with Crippen LogP contribution in [0.5, 0.6) is 5.75 Å². The van der Waals surface area contributed by atoms with E-state index in [1.54, 1.807) is 37.3 Å². The minimum atomic E-state index is -0.431. The van der Waals surface area contributed by atoms with Gasteiger partial charge in [-0.05, 0) is 37.3 Å². The van der Waals surface area contributed by atoms with Crippen molar-refractivity contribution in [1.29, 1.82) is 0 Å². The van der Waals surface area contributed by atoms with E-state index >= 15 is 0 Å². The van der Waals surface area contributed by atoms with Crippen molar-refractivity contribution in [1.82, 2.24) is 9.47 Å². The zero-order chi connectivity index (χ0) is 22.5. The Kier molecular flexibility index (Phi) is 7.49. The molecule has 9 heteroatoms. The fourth-order valence-corrected chi connectivity index (χ4v) is 3.79. The van der Waals surface area contributed by atoms with Gasteiger partial charge in [-0.3, -0.25) is 9.59 Å². The highest BCUT2D eigenvalue weighted by Gasteiger charge is 2.23. The van der Waals surface area contributed by atoms with Crippen molar-refractivity contribution in [3.05, 3.63) is 75.5 Å². The lowest BCUT2D eigenvalue weighted by atomic mass is 10.1. The number of nitrogens with zero attached hydrogens (tertiary/aromatic N) is 2. The van der Waals surface area contributed by atoms with E-state index in [0.29, 0.717) is 38.7 Å². The average Bonchev–Trinajstić information content (AvgIpc) is 3.28. The van der Waals surface area contributed by atoms with Gasteiger partial charge in [0.15, 0.2) is 0 Å². The van der Waals surface area contributed by atoms with Crippen molar-refractivity contribution >= 4 is 52.3 Å². The smallest absolute Gasteiger partial charge is 0.258 e. The molecule has 0 spiro atoms. The van der Waals surface area contributed by atoms with Gasteiger partial charge in [0.05, 0.1) is 39.1 Å². The number of anilines is 1. The minimum Gasteiger partial charge on any atom is -0.496 e.